The average molecular weight is 326 g/mol. The zero-order valence-electron chi connectivity index (χ0n) is 14.0. The van der Waals surface area contributed by atoms with Crippen LogP contribution in [0.2, 0.25) is 0 Å². The third-order valence-corrected chi connectivity index (χ3v) is 4.55. The summed E-state index contributed by atoms with van der Waals surface area (Å²) in [6, 6.07) is 9.31. The van der Waals surface area contributed by atoms with Crippen molar-refractivity contribution < 1.29 is 9.59 Å². The Morgan fingerprint density at radius 2 is 1.96 bits per heavy atom. The number of hydrogen-bond donors (Lipinski definition) is 1. The molecule has 1 N–H and O–H groups in total. The van der Waals surface area contributed by atoms with Gasteiger partial charge in [-0.05, 0) is 38.3 Å². The van der Waals surface area contributed by atoms with E-state index in [0.717, 1.165) is 24.2 Å². The summed E-state index contributed by atoms with van der Waals surface area (Å²) < 4.78 is 1.76. The highest BCUT2D eigenvalue weighted by atomic mass is 16.2. The van der Waals surface area contributed by atoms with Gasteiger partial charge in [-0.1, -0.05) is 18.2 Å². The van der Waals surface area contributed by atoms with E-state index < -0.39 is 6.04 Å². The standard InChI is InChI=1S/C18H22N4O2/c1-13-15(12-20-22(13)14-8-4-3-5-9-14)18(24)21-11-7-6-10-16(21)17(23)19-2/h3-5,8-9,12,16H,6-7,10-11H2,1-2H3,(H,19,23)/t16-/m1/s1. The van der Waals surface area contributed by atoms with Gasteiger partial charge in [-0.2, -0.15) is 5.10 Å². The predicted octanol–water partition coefficient (Wildman–Crippen LogP) is 1.92. The van der Waals surface area contributed by atoms with Gasteiger partial charge in [0.1, 0.15) is 6.04 Å². The van der Waals surface area contributed by atoms with E-state index in [2.05, 4.69) is 10.4 Å². The van der Waals surface area contributed by atoms with Crippen LogP contribution in [0.15, 0.2) is 36.5 Å². The molecule has 1 aromatic heterocycles. The number of hydrogen-bond acceptors (Lipinski definition) is 3. The minimum Gasteiger partial charge on any atom is -0.357 e. The molecule has 0 radical (unpaired) electrons. The third-order valence-electron chi connectivity index (χ3n) is 4.55. The Kier molecular flexibility index (Phi) is 4.64. The molecule has 1 aromatic carbocycles. The van der Waals surface area contributed by atoms with Gasteiger partial charge in [0.25, 0.3) is 5.91 Å². The molecule has 0 bridgehead atoms. The van der Waals surface area contributed by atoms with Crippen molar-refractivity contribution in [1.29, 1.82) is 0 Å². The maximum Gasteiger partial charge on any atom is 0.258 e. The van der Waals surface area contributed by atoms with Gasteiger partial charge >= 0.3 is 0 Å². The zero-order chi connectivity index (χ0) is 17.1. The molecule has 2 heterocycles. The van der Waals surface area contributed by atoms with E-state index in [4.69, 9.17) is 0 Å². The molecule has 6 heteroatoms. The smallest absolute Gasteiger partial charge is 0.258 e. The monoisotopic (exact) mass is 326 g/mol. The number of likely N-dealkylation sites (tertiary alicyclic amines) is 1. The molecule has 1 saturated heterocycles. The lowest BCUT2D eigenvalue weighted by atomic mass is 10.00. The number of piperidine rings is 1. The molecule has 6 nitrogen and oxygen atoms in total. The minimum absolute atomic E-state index is 0.101. The largest absolute Gasteiger partial charge is 0.357 e. The van der Waals surface area contributed by atoms with Crippen LogP contribution in [-0.4, -0.2) is 46.1 Å². The van der Waals surface area contributed by atoms with Crippen LogP contribution >= 0.6 is 0 Å². The van der Waals surface area contributed by atoms with E-state index in [9.17, 15) is 9.59 Å². The molecule has 1 aliphatic heterocycles. The molecule has 3 rings (SSSR count). The van der Waals surface area contributed by atoms with Crippen LogP contribution in [0.3, 0.4) is 0 Å². The van der Waals surface area contributed by atoms with Gasteiger partial charge in [-0.15, -0.1) is 0 Å². The molecule has 2 amide bonds. The van der Waals surface area contributed by atoms with Gasteiger partial charge < -0.3 is 10.2 Å². The zero-order valence-corrected chi connectivity index (χ0v) is 14.0. The summed E-state index contributed by atoms with van der Waals surface area (Å²) in [7, 11) is 1.61. The molecule has 1 aliphatic rings. The van der Waals surface area contributed by atoms with Crippen molar-refractivity contribution in [2.75, 3.05) is 13.6 Å². The molecular weight excluding hydrogens is 304 g/mol. The highest BCUT2D eigenvalue weighted by Crippen LogP contribution is 2.22. The fourth-order valence-corrected chi connectivity index (χ4v) is 3.22. The first-order valence-electron chi connectivity index (χ1n) is 8.26. The lowest BCUT2D eigenvalue weighted by molar-refractivity contribution is -0.126. The number of carbonyl (C=O) groups excluding carboxylic acids is 2. The maximum absolute atomic E-state index is 13.0. The van der Waals surface area contributed by atoms with E-state index >= 15 is 0 Å². The summed E-state index contributed by atoms with van der Waals surface area (Å²) in [5.74, 6) is -0.223. The number of carbonyl (C=O) groups is 2. The van der Waals surface area contributed by atoms with Gasteiger partial charge in [0, 0.05) is 13.6 Å². The lowest BCUT2D eigenvalue weighted by Gasteiger charge is -2.34. The fourth-order valence-electron chi connectivity index (χ4n) is 3.22. The number of rotatable bonds is 3. The molecule has 1 fully saturated rings. The Balaban J connectivity index is 1.90. The van der Waals surface area contributed by atoms with E-state index in [1.165, 1.54) is 0 Å². The number of benzene rings is 1. The van der Waals surface area contributed by atoms with Crippen molar-refractivity contribution in [2.45, 2.75) is 32.2 Å². The normalized spacial score (nSPS) is 17.6. The second-order valence-electron chi connectivity index (χ2n) is 6.02. The van der Waals surface area contributed by atoms with Gasteiger partial charge in [0.05, 0.1) is 23.1 Å². The average Bonchev–Trinajstić information content (AvgIpc) is 3.02. The van der Waals surface area contributed by atoms with Gasteiger partial charge in [0.15, 0.2) is 0 Å². The first-order chi connectivity index (χ1) is 11.6. The van der Waals surface area contributed by atoms with Gasteiger partial charge in [-0.3, -0.25) is 9.59 Å². The summed E-state index contributed by atoms with van der Waals surface area (Å²) in [6.07, 6.45) is 4.19. The van der Waals surface area contributed by atoms with E-state index in [0.29, 0.717) is 18.5 Å². The van der Waals surface area contributed by atoms with E-state index in [-0.39, 0.29) is 11.8 Å². The molecule has 0 saturated carbocycles. The van der Waals surface area contributed by atoms with Crippen molar-refractivity contribution in [3.05, 3.63) is 47.8 Å². The summed E-state index contributed by atoms with van der Waals surface area (Å²) in [5, 5.41) is 7.02. The quantitative estimate of drug-likeness (QED) is 0.937. The molecular formula is C18H22N4O2. The molecule has 0 spiro atoms. The van der Waals surface area contributed by atoms with Crippen molar-refractivity contribution in [3.63, 3.8) is 0 Å². The Labute approximate surface area is 141 Å². The van der Waals surface area contributed by atoms with Crippen LogP contribution in [0, 0.1) is 6.92 Å². The summed E-state index contributed by atoms with van der Waals surface area (Å²) in [5.41, 5.74) is 2.25. The summed E-state index contributed by atoms with van der Waals surface area (Å²) in [6.45, 7) is 2.49. The van der Waals surface area contributed by atoms with E-state index in [1.807, 2.05) is 37.3 Å². The molecule has 0 unspecified atom stereocenters. The number of aromatic nitrogens is 2. The third kappa shape index (κ3) is 2.91. The van der Waals surface area contributed by atoms with Crippen LogP contribution in [0.5, 0.6) is 0 Å². The highest BCUT2D eigenvalue weighted by Gasteiger charge is 2.33. The number of para-hydroxylation sites is 1. The first kappa shape index (κ1) is 16.2. The molecule has 24 heavy (non-hydrogen) atoms. The second kappa shape index (κ2) is 6.86. The Morgan fingerprint density at radius 1 is 1.21 bits per heavy atom. The van der Waals surface area contributed by atoms with Crippen molar-refractivity contribution in [1.82, 2.24) is 20.0 Å². The van der Waals surface area contributed by atoms with Crippen LogP contribution in [-0.2, 0) is 4.79 Å². The van der Waals surface area contributed by atoms with Gasteiger partial charge in [0.2, 0.25) is 5.91 Å². The Hall–Kier alpha value is -2.63. The first-order valence-corrected chi connectivity index (χ1v) is 8.26. The van der Waals surface area contributed by atoms with Gasteiger partial charge in [-0.25, -0.2) is 4.68 Å². The highest BCUT2D eigenvalue weighted by molar-refractivity contribution is 5.98. The Bertz CT molecular complexity index is 739. The molecule has 0 aliphatic carbocycles. The second-order valence-corrected chi connectivity index (χ2v) is 6.02. The fraction of sp³-hybridized carbons (Fsp3) is 0.389. The SMILES string of the molecule is CNC(=O)[C@H]1CCCCN1C(=O)c1cnn(-c2ccccc2)c1C. The van der Waals surface area contributed by atoms with Crippen molar-refractivity contribution in [2.24, 2.45) is 0 Å². The van der Waals surface area contributed by atoms with Crippen LogP contribution in [0.4, 0.5) is 0 Å². The number of likely N-dealkylation sites (N-methyl/N-ethyl adjacent to an activating group) is 1. The molecule has 126 valence electrons. The minimum atomic E-state index is -0.393. The van der Waals surface area contributed by atoms with E-state index in [1.54, 1.807) is 22.8 Å². The summed E-state index contributed by atoms with van der Waals surface area (Å²) in [4.78, 5) is 26.8. The molecule has 1 atom stereocenters. The number of amides is 2. The number of nitrogens with one attached hydrogen (secondary N) is 1. The van der Waals surface area contributed by atoms with Crippen molar-refractivity contribution >= 4 is 11.8 Å². The lowest BCUT2D eigenvalue weighted by Crippen LogP contribution is -2.51. The summed E-state index contributed by atoms with van der Waals surface area (Å²) >= 11 is 0. The predicted molar refractivity (Wildman–Crippen MR) is 91.0 cm³/mol. The Morgan fingerprint density at radius 3 is 2.67 bits per heavy atom. The van der Waals surface area contributed by atoms with Crippen LogP contribution < -0.4 is 5.32 Å². The topological polar surface area (TPSA) is 67.2 Å². The maximum atomic E-state index is 13.0. The van der Waals surface area contributed by atoms with Crippen LogP contribution in [0.25, 0.3) is 5.69 Å². The number of nitrogens with zero attached hydrogens (tertiary/aromatic N) is 3. The van der Waals surface area contributed by atoms with Crippen LogP contribution in [0.1, 0.15) is 35.3 Å². The molecule has 2 aromatic rings. The van der Waals surface area contributed by atoms with Crippen molar-refractivity contribution in [3.8, 4) is 5.69 Å².